The van der Waals surface area contributed by atoms with Crippen LogP contribution in [0.1, 0.15) is 39.0 Å². The van der Waals surface area contributed by atoms with Crippen LogP contribution in [0.25, 0.3) is 0 Å². The second-order valence-electron chi connectivity index (χ2n) is 6.96. The summed E-state index contributed by atoms with van der Waals surface area (Å²) < 4.78 is 12.2. The number of aromatic amines is 1. The second kappa shape index (κ2) is 7.86. The van der Waals surface area contributed by atoms with Crippen molar-refractivity contribution >= 4 is 5.97 Å². The van der Waals surface area contributed by atoms with Crippen molar-refractivity contribution in [2.45, 2.75) is 45.6 Å². The van der Waals surface area contributed by atoms with Crippen LogP contribution in [0.2, 0.25) is 0 Å². The Labute approximate surface area is 150 Å². The number of H-pyrrole nitrogens is 1. The maximum atomic E-state index is 12.1. The fourth-order valence-corrected chi connectivity index (χ4v) is 2.41. The van der Waals surface area contributed by atoms with Crippen molar-refractivity contribution in [2.75, 3.05) is 13.2 Å². The maximum Gasteiger partial charge on any atom is 0.330 e. The number of aliphatic hydroxyl groups excluding tert-OH is 1. The van der Waals surface area contributed by atoms with Crippen molar-refractivity contribution in [3.63, 3.8) is 0 Å². The van der Waals surface area contributed by atoms with Crippen molar-refractivity contribution < 1.29 is 19.4 Å². The van der Waals surface area contributed by atoms with E-state index < -0.39 is 41.1 Å². The Balaban J connectivity index is 2.29. The Morgan fingerprint density at radius 3 is 2.77 bits per heavy atom. The highest BCUT2D eigenvalue weighted by molar-refractivity contribution is 5.75. The van der Waals surface area contributed by atoms with Crippen LogP contribution in [0.5, 0.6) is 0 Å². The lowest BCUT2D eigenvalue weighted by molar-refractivity contribution is -0.162. The Kier molecular flexibility index (Phi) is 6.02. The summed E-state index contributed by atoms with van der Waals surface area (Å²) in [7, 11) is 0. The second-order valence-corrected chi connectivity index (χ2v) is 6.96. The number of hydrogen-bond donors (Lipinski definition) is 3. The van der Waals surface area contributed by atoms with Gasteiger partial charge in [0.1, 0.15) is 24.0 Å². The molecule has 0 spiro atoms. The first-order valence-corrected chi connectivity index (χ1v) is 8.19. The molecule has 0 aromatic carbocycles. The van der Waals surface area contributed by atoms with Gasteiger partial charge in [-0.25, -0.2) is 4.79 Å². The zero-order valence-electron chi connectivity index (χ0n) is 14.9. The smallest absolute Gasteiger partial charge is 0.330 e. The summed E-state index contributed by atoms with van der Waals surface area (Å²) in [6.07, 6.45) is -0.870. The van der Waals surface area contributed by atoms with Gasteiger partial charge in [-0.15, -0.1) is 0 Å². The molecule has 9 heteroatoms. The predicted molar refractivity (Wildman–Crippen MR) is 92.2 cm³/mol. The number of ether oxygens (including phenoxy) is 2. The highest BCUT2D eigenvalue weighted by Gasteiger charge is 2.40. The van der Waals surface area contributed by atoms with E-state index in [1.165, 1.54) is 6.20 Å². The number of aromatic nitrogens is 2. The fourth-order valence-electron chi connectivity index (χ4n) is 2.41. The average Bonchev–Trinajstić information content (AvgIpc) is 2.95. The van der Waals surface area contributed by atoms with Crippen LogP contribution in [-0.2, 0) is 14.3 Å². The monoisotopic (exact) mass is 365 g/mol. The molecule has 1 aromatic rings. The van der Waals surface area contributed by atoms with Gasteiger partial charge in [0.05, 0.1) is 18.6 Å². The molecular formula is C17H23N3O6. The van der Waals surface area contributed by atoms with E-state index in [-0.39, 0.29) is 25.1 Å². The molecule has 0 radical (unpaired) electrons. The minimum absolute atomic E-state index is 0.0642. The van der Waals surface area contributed by atoms with Gasteiger partial charge in [0.25, 0.3) is 5.56 Å². The van der Waals surface area contributed by atoms with Crippen LogP contribution < -0.4 is 17.0 Å². The third kappa shape index (κ3) is 4.40. The van der Waals surface area contributed by atoms with E-state index in [1.807, 2.05) is 0 Å². The van der Waals surface area contributed by atoms with Gasteiger partial charge in [0.15, 0.2) is 0 Å². The molecule has 1 aliphatic rings. The lowest BCUT2D eigenvalue weighted by Crippen LogP contribution is -2.34. The molecule has 2 rings (SSSR count). The van der Waals surface area contributed by atoms with Crippen molar-refractivity contribution in [3.8, 4) is 11.8 Å². The van der Waals surface area contributed by atoms with Crippen molar-refractivity contribution in [1.29, 1.82) is 0 Å². The minimum Gasteiger partial charge on any atom is -0.459 e. The Morgan fingerprint density at radius 2 is 2.19 bits per heavy atom. The molecule has 0 unspecified atom stereocenters. The minimum atomic E-state index is -0.812. The summed E-state index contributed by atoms with van der Waals surface area (Å²) in [6.45, 7) is 4.83. The standard InChI is InChI=1S/C17H23N3O6/c1-17(2,3)15(23)26-11-7-13(25-12(11)9-21)20-8-10(5-4-6-18)14(22)19-16(20)24/h8,11-13,21H,6-7,9,18H2,1-3H3,(H,19,22,24)/t11-,12+,13+/m0/s1. The summed E-state index contributed by atoms with van der Waals surface area (Å²) in [5.74, 6) is 4.69. The fraction of sp³-hybridized carbons (Fsp3) is 0.588. The summed E-state index contributed by atoms with van der Waals surface area (Å²) in [4.78, 5) is 38.2. The van der Waals surface area contributed by atoms with Crippen LogP contribution in [0.3, 0.4) is 0 Å². The quantitative estimate of drug-likeness (QED) is 0.465. The third-order valence-electron chi connectivity index (χ3n) is 3.83. The molecule has 2 heterocycles. The Hall–Kier alpha value is -2.41. The highest BCUT2D eigenvalue weighted by Crippen LogP contribution is 2.31. The van der Waals surface area contributed by atoms with Gasteiger partial charge in [-0.3, -0.25) is 19.1 Å². The van der Waals surface area contributed by atoms with E-state index in [0.717, 1.165) is 4.57 Å². The number of nitrogens with one attached hydrogen (secondary N) is 1. The van der Waals surface area contributed by atoms with Crippen LogP contribution in [0, 0.1) is 17.3 Å². The molecule has 142 valence electrons. The number of nitrogens with zero attached hydrogens (tertiary/aromatic N) is 1. The van der Waals surface area contributed by atoms with Gasteiger partial charge in [-0.1, -0.05) is 11.8 Å². The first kappa shape index (κ1) is 19.9. The molecule has 1 saturated heterocycles. The molecule has 1 aromatic heterocycles. The van der Waals surface area contributed by atoms with E-state index in [0.29, 0.717) is 0 Å². The summed E-state index contributed by atoms with van der Waals surface area (Å²) >= 11 is 0. The van der Waals surface area contributed by atoms with Crippen molar-refractivity contribution in [3.05, 3.63) is 32.6 Å². The number of rotatable bonds is 3. The van der Waals surface area contributed by atoms with Gasteiger partial charge >= 0.3 is 11.7 Å². The van der Waals surface area contributed by atoms with Crippen molar-refractivity contribution in [1.82, 2.24) is 9.55 Å². The molecule has 4 N–H and O–H groups in total. The highest BCUT2D eigenvalue weighted by atomic mass is 16.6. The molecular weight excluding hydrogens is 342 g/mol. The molecule has 1 aliphatic heterocycles. The predicted octanol–water partition coefficient (Wildman–Crippen LogP) is -0.915. The van der Waals surface area contributed by atoms with Gasteiger partial charge in [-0.2, -0.15) is 0 Å². The normalized spacial score (nSPS) is 22.6. The van der Waals surface area contributed by atoms with Gasteiger partial charge in [0, 0.05) is 12.6 Å². The van der Waals surface area contributed by atoms with E-state index in [2.05, 4.69) is 16.8 Å². The number of nitrogens with two attached hydrogens (primary N) is 1. The van der Waals surface area contributed by atoms with E-state index in [1.54, 1.807) is 20.8 Å². The van der Waals surface area contributed by atoms with Crippen LogP contribution in [0.4, 0.5) is 0 Å². The van der Waals surface area contributed by atoms with Crippen LogP contribution >= 0.6 is 0 Å². The zero-order valence-corrected chi connectivity index (χ0v) is 14.9. The summed E-state index contributed by atoms with van der Waals surface area (Å²) in [5, 5.41) is 9.50. The van der Waals surface area contributed by atoms with Gasteiger partial charge < -0.3 is 20.3 Å². The lowest BCUT2D eigenvalue weighted by atomic mass is 9.97. The number of esters is 1. The molecule has 0 saturated carbocycles. The zero-order chi connectivity index (χ0) is 19.5. The first-order chi connectivity index (χ1) is 12.2. The molecule has 0 bridgehead atoms. The SMILES string of the molecule is CC(C)(C)C(=O)O[C@H]1C[C@H](n2cc(C#CCN)c(=O)[nH]c2=O)O[C@@H]1CO. The first-order valence-electron chi connectivity index (χ1n) is 8.19. The number of carbonyl (C=O) groups excluding carboxylic acids is 1. The Bertz CT molecular complexity index is 839. The van der Waals surface area contributed by atoms with Crippen LogP contribution in [-0.4, -0.2) is 46.0 Å². The number of aliphatic hydroxyl groups is 1. The third-order valence-corrected chi connectivity index (χ3v) is 3.83. The number of carbonyl (C=O) groups is 1. The molecule has 0 amide bonds. The largest absolute Gasteiger partial charge is 0.459 e. The summed E-state index contributed by atoms with van der Waals surface area (Å²) in [5.41, 5.74) is 3.34. The van der Waals surface area contributed by atoms with Gasteiger partial charge in [-0.05, 0) is 20.8 Å². The van der Waals surface area contributed by atoms with Crippen molar-refractivity contribution in [2.24, 2.45) is 11.1 Å². The molecule has 1 fully saturated rings. The molecule has 9 nitrogen and oxygen atoms in total. The topological polar surface area (TPSA) is 137 Å². The maximum absolute atomic E-state index is 12.1. The Morgan fingerprint density at radius 1 is 1.50 bits per heavy atom. The van der Waals surface area contributed by atoms with E-state index >= 15 is 0 Å². The summed E-state index contributed by atoms with van der Waals surface area (Å²) in [6, 6.07) is 0. The lowest BCUT2D eigenvalue weighted by Gasteiger charge is -2.22. The molecule has 0 aliphatic carbocycles. The van der Waals surface area contributed by atoms with E-state index in [4.69, 9.17) is 15.2 Å². The molecule has 3 atom stereocenters. The van der Waals surface area contributed by atoms with E-state index in [9.17, 15) is 19.5 Å². The van der Waals surface area contributed by atoms with Crippen LogP contribution in [0.15, 0.2) is 15.8 Å². The van der Waals surface area contributed by atoms with Gasteiger partial charge in [0.2, 0.25) is 0 Å². The molecule has 26 heavy (non-hydrogen) atoms. The average molecular weight is 365 g/mol. The number of hydrogen-bond acceptors (Lipinski definition) is 7.